The molecule has 0 spiro atoms. The van der Waals surface area contributed by atoms with Crippen molar-refractivity contribution in [2.24, 2.45) is 13.0 Å². The molecule has 0 bridgehead atoms. The van der Waals surface area contributed by atoms with Gasteiger partial charge in [-0.15, -0.1) is 0 Å². The highest BCUT2D eigenvalue weighted by molar-refractivity contribution is 5.35. The third-order valence-corrected chi connectivity index (χ3v) is 3.58. The van der Waals surface area contributed by atoms with Crippen LogP contribution in [-0.2, 0) is 13.5 Å². The molecular weight excluding hydrogens is 246 g/mol. The zero-order valence-corrected chi connectivity index (χ0v) is 13.1. The third-order valence-electron chi connectivity index (χ3n) is 3.58. The third kappa shape index (κ3) is 3.28. The van der Waals surface area contributed by atoms with Crippen LogP contribution in [0.1, 0.15) is 42.3 Å². The minimum absolute atomic E-state index is 0.204. The fraction of sp³-hybridized carbons (Fsp3) is 0.471. The minimum atomic E-state index is 0.204. The van der Waals surface area contributed by atoms with Crippen LogP contribution in [0.5, 0.6) is 0 Å². The number of aryl methyl sites for hydroxylation is 2. The van der Waals surface area contributed by atoms with Crippen molar-refractivity contribution in [1.29, 1.82) is 0 Å². The van der Waals surface area contributed by atoms with Crippen molar-refractivity contribution in [3.8, 4) is 0 Å². The molecule has 0 aliphatic carbocycles. The van der Waals surface area contributed by atoms with E-state index in [0.717, 1.165) is 12.1 Å². The van der Waals surface area contributed by atoms with E-state index >= 15 is 0 Å². The molecule has 1 atom stereocenters. The van der Waals surface area contributed by atoms with Crippen LogP contribution >= 0.6 is 0 Å². The molecular formula is C17H25N3. The van der Waals surface area contributed by atoms with Gasteiger partial charge in [0.1, 0.15) is 0 Å². The van der Waals surface area contributed by atoms with E-state index in [1.807, 2.05) is 18.8 Å². The molecule has 0 saturated carbocycles. The van der Waals surface area contributed by atoms with Crippen molar-refractivity contribution in [3.05, 3.63) is 52.8 Å². The number of benzene rings is 1. The Morgan fingerprint density at radius 3 is 2.60 bits per heavy atom. The van der Waals surface area contributed by atoms with Crippen LogP contribution in [0.2, 0.25) is 0 Å². The SMILES string of the molecule is CNC(c1cccc(CC(C)C)c1)c1cn(C)nc1C. The number of nitrogens with zero attached hydrogens (tertiary/aromatic N) is 2. The lowest BCUT2D eigenvalue weighted by atomic mass is 9.95. The molecule has 1 aromatic heterocycles. The summed E-state index contributed by atoms with van der Waals surface area (Å²) in [7, 11) is 3.98. The fourth-order valence-corrected chi connectivity index (χ4v) is 2.77. The smallest absolute Gasteiger partial charge is 0.0644 e. The topological polar surface area (TPSA) is 29.9 Å². The molecule has 2 rings (SSSR count). The maximum Gasteiger partial charge on any atom is 0.0644 e. The summed E-state index contributed by atoms with van der Waals surface area (Å²) >= 11 is 0. The Morgan fingerprint density at radius 2 is 2.05 bits per heavy atom. The van der Waals surface area contributed by atoms with E-state index in [0.29, 0.717) is 5.92 Å². The van der Waals surface area contributed by atoms with Gasteiger partial charge in [0.05, 0.1) is 11.7 Å². The number of hydrogen-bond donors (Lipinski definition) is 1. The standard InChI is InChI=1S/C17H25N3/c1-12(2)9-14-7-6-8-15(10-14)17(18-4)16-11-20(5)19-13(16)3/h6-8,10-12,17-18H,9H2,1-5H3. The first-order valence-corrected chi connectivity index (χ1v) is 7.27. The van der Waals surface area contributed by atoms with Crippen LogP contribution in [0.3, 0.4) is 0 Å². The lowest BCUT2D eigenvalue weighted by molar-refractivity contribution is 0.642. The van der Waals surface area contributed by atoms with Gasteiger partial charge in [-0.05, 0) is 37.4 Å². The van der Waals surface area contributed by atoms with E-state index in [9.17, 15) is 0 Å². The summed E-state index contributed by atoms with van der Waals surface area (Å²) in [5, 5.41) is 7.87. The lowest BCUT2D eigenvalue weighted by Crippen LogP contribution is -2.18. The molecule has 3 nitrogen and oxygen atoms in total. The van der Waals surface area contributed by atoms with Crippen molar-refractivity contribution in [1.82, 2.24) is 15.1 Å². The van der Waals surface area contributed by atoms with Crippen molar-refractivity contribution in [3.63, 3.8) is 0 Å². The molecule has 2 aromatic rings. The molecule has 1 heterocycles. The first-order valence-electron chi connectivity index (χ1n) is 7.27. The summed E-state index contributed by atoms with van der Waals surface area (Å²) in [4.78, 5) is 0. The summed E-state index contributed by atoms with van der Waals surface area (Å²) in [6.45, 7) is 6.58. The van der Waals surface area contributed by atoms with Crippen LogP contribution in [-0.4, -0.2) is 16.8 Å². The van der Waals surface area contributed by atoms with Crippen LogP contribution < -0.4 is 5.32 Å². The molecule has 0 radical (unpaired) electrons. The predicted octanol–water partition coefficient (Wildman–Crippen LogP) is 3.24. The Balaban J connectivity index is 2.34. The summed E-state index contributed by atoms with van der Waals surface area (Å²) in [5.41, 5.74) is 5.04. The summed E-state index contributed by atoms with van der Waals surface area (Å²) in [6.07, 6.45) is 3.22. The van der Waals surface area contributed by atoms with Crippen LogP contribution in [0, 0.1) is 12.8 Å². The Morgan fingerprint density at radius 1 is 1.30 bits per heavy atom. The van der Waals surface area contributed by atoms with Gasteiger partial charge in [-0.2, -0.15) is 5.10 Å². The van der Waals surface area contributed by atoms with Gasteiger partial charge in [0.15, 0.2) is 0 Å². The molecule has 0 fully saturated rings. The molecule has 1 N–H and O–H groups in total. The van der Waals surface area contributed by atoms with E-state index in [1.54, 1.807) is 0 Å². The fourth-order valence-electron chi connectivity index (χ4n) is 2.77. The van der Waals surface area contributed by atoms with Crippen LogP contribution in [0.4, 0.5) is 0 Å². The van der Waals surface area contributed by atoms with E-state index < -0.39 is 0 Å². The van der Waals surface area contributed by atoms with Gasteiger partial charge in [0.25, 0.3) is 0 Å². The largest absolute Gasteiger partial charge is 0.309 e. The molecule has 1 aromatic carbocycles. The molecule has 1 unspecified atom stereocenters. The first kappa shape index (κ1) is 14.8. The monoisotopic (exact) mass is 271 g/mol. The van der Waals surface area contributed by atoms with Crippen molar-refractivity contribution in [2.75, 3.05) is 7.05 Å². The maximum absolute atomic E-state index is 4.45. The van der Waals surface area contributed by atoms with Crippen molar-refractivity contribution in [2.45, 2.75) is 33.2 Å². The van der Waals surface area contributed by atoms with Gasteiger partial charge in [-0.1, -0.05) is 38.1 Å². The van der Waals surface area contributed by atoms with Gasteiger partial charge in [-0.25, -0.2) is 0 Å². The van der Waals surface area contributed by atoms with E-state index in [2.05, 4.69) is 61.6 Å². The Labute approximate surface area is 122 Å². The Hall–Kier alpha value is -1.61. The van der Waals surface area contributed by atoms with E-state index in [4.69, 9.17) is 0 Å². The van der Waals surface area contributed by atoms with Gasteiger partial charge < -0.3 is 5.32 Å². The molecule has 0 amide bonds. The zero-order chi connectivity index (χ0) is 14.7. The highest BCUT2D eigenvalue weighted by Gasteiger charge is 2.17. The number of nitrogens with one attached hydrogen (secondary N) is 1. The van der Waals surface area contributed by atoms with Gasteiger partial charge >= 0.3 is 0 Å². The Bertz CT molecular complexity index is 569. The molecule has 3 heteroatoms. The maximum atomic E-state index is 4.45. The summed E-state index contributed by atoms with van der Waals surface area (Å²) in [6, 6.07) is 9.08. The van der Waals surface area contributed by atoms with Crippen LogP contribution in [0.15, 0.2) is 30.5 Å². The quantitative estimate of drug-likeness (QED) is 0.905. The second-order valence-corrected chi connectivity index (χ2v) is 5.91. The predicted molar refractivity (Wildman–Crippen MR) is 83.8 cm³/mol. The van der Waals surface area contributed by atoms with E-state index in [1.165, 1.54) is 16.7 Å². The zero-order valence-electron chi connectivity index (χ0n) is 13.1. The van der Waals surface area contributed by atoms with Crippen LogP contribution in [0.25, 0.3) is 0 Å². The molecule has 20 heavy (non-hydrogen) atoms. The second-order valence-electron chi connectivity index (χ2n) is 5.91. The molecule has 108 valence electrons. The number of rotatable bonds is 5. The van der Waals surface area contributed by atoms with Gasteiger partial charge in [-0.3, -0.25) is 4.68 Å². The normalized spacial score (nSPS) is 12.9. The van der Waals surface area contributed by atoms with Crippen molar-refractivity contribution >= 4 is 0 Å². The molecule has 0 saturated heterocycles. The number of hydrogen-bond acceptors (Lipinski definition) is 2. The summed E-state index contributed by atoms with van der Waals surface area (Å²) < 4.78 is 1.88. The van der Waals surface area contributed by atoms with Gasteiger partial charge in [0.2, 0.25) is 0 Å². The molecule has 0 aliphatic heterocycles. The number of aromatic nitrogens is 2. The lowest BCUT2D eigenvalue weighted by Gasteiger charge is -2.17. The second kappa shape index (κ2) is 6.23. The average molecular weight is 271 g/mol. The molecule has 0 aliphatic rings. The highest BCUT2D eigenvalue weighted by atomic mass is 15.3. The van der Waals surface area contributed by atoms with Gasteiger partial charge in [0, 0.05) is 18.8 Å². The van der Waals surface area contributed by atoms with Crippen molar-refractivity contribution < 1.29 is 0 Å². The average Bonchev–Trinajstić information content (AvgIpc) is 2.69. The van der Waals surface area contributed by atoms with E-state index in [-0.39, 0.29) is 6.04 Å². The minimum Gasteiger partial charge on any atom is -0.309 e. The highest BCUT2D eigenvalue weighted by Crippen LogP contribution is 2.25. The first-order chi connectivity index (χ1) is 9.51. The Kier molecular flexibility index (Phi) is 4.61. The summed E-state index contributed by atoms with van der Waals surface area (Å²) in [5.74, 6) is 0.679.